The lowest BCUT2D eigenvalue weighted by Gasteiger charge is -2.37. The first kappa shape index (κ1) is 24.0. The van der Waals surface area contributed by atoms with Gasteiger partial charge >= 0.3 is 0 Å². The average Bonchev–Trinajstić information content (AvgIpc) is 3.11. The van der Waals surface area contributed by atoms with E-state index < -0.39 is 5.54 Å². The third-order valence-electron chi connectivity index (χ3n) is 6.63. The summed E-state index contributed by atoms with van der Waals surface area (Å²) in [5.74, 6) is 0.103. The number of unbranched alkanes of at least 4 members (excludes halogenated alkanes) is 4. The molecule has 4 heteroatoms. The molecule has 1 N–H and O–H groups in total. The van der Waals surface area contributed by atoms with E-state index in [-0.39, 0.29) is 11.8 Å². The van der Waals surface area contributed by atoms with Gasteiger partial charge in [-0.15, -0.1) is 0 Å². The molecule has 4 nitrogen and oxygen atoms in total. The van der Waals surface area contributed by atoms with Crippen LogP contribution in [0.15, 0.2) is 59.7 Å². The number of nitrogens with one attached hydrogen (secondary N) is 1. The van der Waals surface area contributed by atoms with Crippen LogP contribution in [0.2, 0.25) is 0 Å². The summed E-state index contributed by atoms with van der Waals surface area (Å²) >= 11 is 0. The molecule has 0 aromatic heterocycles. The molecule has 172 valence electrons. The average molecular weight is 434 g/mol. The molecule has 0 fully saturated rings. The highest BCUT2D eigenvalue weighted by Gasteiger charge is 2.53. The molecule has 2 aromatic rings. The summed E-state index contributed by atoms with van der Waals surface area (Å²) in [6.45, 7) is 9.31. The summed E-state index contributed by atoms with van der Waals surface area (Å²) in [4.78, 5) is 13.8. The minimum Gasteiger partial charge on any atom is -0.354 e. The Kier molecular flexibility index (Phi) is 8.49. The third-order valence-corrected chi connectivity index (χ3v) is 6.63. The Labute approximate surface area is 194 Å². The maximum atomic E-state index is 13.8. The Balaban J connectivity index is 1.97. The van der Waals surface area contributed by atoms with Crippen LogP contribution in [0, 0.1) is 12.8 Å². The number of para-hydroxylation sites is 1. The van der Waals surface area contributed by atoms with Crippen molar-refractivity contribution in [2.24, 2.45) is 11.0 Å². The number of hydrazone groups is 1. The molecule has 1 amide bonds. The van der Waals surface area contributed by atoms with Crippen molar-refractivity contribution in [3.05, 3.63) is 65.7 Å². The van der Waals surface area contributed by atoms with Gasteiger partial charge < -0.3 is 5.32 Å². The Morgan fingerprint density at radius 2 is 1.66 bits per heavy atom. The van der Waals surface area contributed by atoms with E-state index in [1.807, 2.05) is 35.3 Å². The molecule has 1 aliphatic heterocycles. The fourth-order valence-corrected chi connectivity index (χ4v) is 4.59. The van der Waals surface area contributed by atoms with Gasteiger partial charge in [-0.25, -0.2) is 5.01 Å². The second-order valence-corrected chi connectivity index (χ2v) is 9.16. The topological polar surface area (TPSA) is 44.7 Å². The first-order chi connectivity index (χ1) is 15.5. The van der Waals surface area contributed by atoms with Gasteiger partial charge in [0.1, 0.15) is 5.54 Å². The van der Waals surface area contributed by atoms with Gasteiger partial charge in [0.05, 0.1) is 11.4 Å². The van der Waals surface area contributed by atoms with Crippen molar-refractivity contribution in [1.29, 1.82) is 0 Å². The number of nitrogens with zero attached hydrogens (tertiary/aromatic N) is 2. The molecule has 2 aromatic carbocycles. The Morgan fingerprint density at radius 3 is 2.31 bits per heavy atom. The number of hydrogen-bond acceptors (Lipinski definition) is 3. The minimum atomic E-state index is -0.762. The molecule has 0 saturated carbocycles. The predicted molar refractivity (Wildman–Crippen MR) is 135 cm³/mol. The van der Waals surface area contributed by atoms with Crippen molar-refractivity contribution >= 4 is 17.3 Å². The molecule has 0 saturated heterocycles. The number of rotatable bonds is 11. The van der Waals surface area contributed by atoms with Crippen LogP contribution in [0.1, 0.15) is 76.8 Å². The lowest BCUT2D eigenvalue weighted by molar-refractivity contribution is -0.126. The normalized spacial score (nSPS) is 20.3. The molecule has 0 spiro atoms. The second-order valence-electron chi connectivity index (χ2n) is 9.16. The van der Waals surface area contributed by atoms with E-state index in [9.17, 15) is 4.79 Å². The van der Waals surface area contributed by atoms with E-state index in [0.29, 0.717) is 0 Å². The summed E-state index contributed by atoms with van der Waals surface area (Å²) < 4.78 is 0. The molecule has 1 aliphatic rings. The van der Waals surface area contributed by atoms with E-state index in [4.69, 9.17) is 5.10 Å². The first-order valence-corrected chi connectivity index (χ1v) is 12.3. The van der Waals surface area contributed by atoms with Crippen LogP contribution >= 0.6 is 0 Å². The molecule has 1 heterocycles. The van der Waals surface area contributed by atoms with Gasteiger partial charge in [0.15, 0.2) is 0 Å². The number of aryl methyl sites for hydroxylation is 1. The standard InChI is InChI=1S/C28H39N3O/c1-5-7-9-13-21-29-27(32)28(4)25(16-8-6-2)26(23-19-17-22(3)18-20-23)30-31(28)24-14-11-10-12-15-24/h10-12,14-15,17-20,25H,5-9,13,16,21H2,1-4H3,(H,29,32). The summed E-state index contributed by atoms with van der Waals surface area (Å²) in [6, 6.07) is 18.7. The largest absolute Gasteiger partial charge is 0.354 e. The van der Waals surface area contributed by atoms with Crippen molar-refractivity contribution in [2.45, 2.75) is 78.2 Å². The Bertz CT molecular complexity index is 891. The van der Waals surface area contributed by atoms with Crippen LogP contribution in [0.4, 0.5) is 5.69 Å². The molecule has 0 radical (unpaired) electrons. The van der Waals surface area contributed by atoms with Crippen LogP contribution in [0.5, 0.6) is 0 Å². The van der Waals surface area contributed by atoms with Crippen molar-refractivity contribution in [2.75, 3.05) is 11.6 Å². The van der Waals surface area contributed by atoms with E-state index >= 15 is 0 Å². The number of anilines is 1. The summed E-state index contributed by atoms with van der Waals surface area (Å²) in [5, 5.41) is 10.3. The molecule has 2 unspecified atom stereocenters. The molecule has 0 aliphatic carbocycles. The van der Waals surface area contributed by atoms with Crippen molar-refractivity contribution < 1.29 is 4.79 Å². The number of benzene rings is 2. The molecule has 0 bridgehead atoms. The maximum absolute atomic E-state index is 13.8. The van der Waals surface area contributed by atoms with Crippen LogP contribution in [-0.4, -0.2) is 23.7 Å². The third kappa shape index (κ3) is 5.23. The quantitative estimate of drug-likeness (QED) is 0.412. The van der Waals surface area contributed by atoms with E-state index in [1.165, 1.54) is 18.4 Å². The fourth-order valence-electron chi connectivity index (χ4n) is 4.59. The molecule has 32 heavy (non-hydrogen) atoms. The zero-order chi connectivity index (χ0) is 23.0. The summed E-state index contributed by atoms with van der Waals surface area (Å²) in [7, 11) is 0. The monoisotopic (exact) mass is 433 g/mol. The van der Waals surface area contributed by atoms with Gasteiger partial charge in [0.2, 0.25) is 5.91 Å². The van der Waals surface area contributed by atoms with Gasteiger partial charge in [-0.3, -0.25) is 4.79 Å². The first-order valence-electron chi connectivity index (χ1n) is 12.3. The molecule has 2 atom stereocenters. The number of amides is 1. The van der Waals surface area contributed by atoms with E-state index in [1.54, 1.807) is 0 Å². The molecule has 3 rings (SSSR count). The smallest absolute Gasteiger partial charge is 0.248 e. The summed E-state index contributed by atoms with van der Waals surface area (Å²) in [5.41, 5.74) is 3.55. The molecular weight excluding hydrogens is 394 g/mol. The van der Waals surface area contributed by atoms with Crippen LogP contribution in [0.3, 0.4) is 0 Å². The van der Waals surface area contributed by atoms with Gasteiger partial charge in [-0.2, -0.15) is 5.10 Å². The zero-order valence-corrected chi connectivity index (χ0v) is 20.2. The second kappa shape index (κ2) is 11.3. The lowest BCUT2D eigenvalue weighted by atomic mass is 9.76. The fraction of sp³-hybridized carbons (Fsp3) is 0.500. The number of carbonyl (C=O) groups excluding carboxylic acids is 1. The summed E-state index contributed by atoms with van der Waals surface area (Å²) in [6.07, 6.45) is 7.68. The van der Waals surface area contributed by atoms with Gasteiger partial charge in [0.25, 0.3) is 0 Å². The van der Waals surface area contributed by atoms with Crippen LogP contribution in [0.25, 0.3) is 0 Å². The highest BCUT2D eigenvalue weighted by atomic mass is 16.2. The lowest BCUT2D eigenvalue weighted by Crippen LogP contribution is -2.58. The van der Waals surface area contributed by atoms with Crippen molar-refractivity contribution in [3.63, 3.8) is 0 Å². The highest BCUT2D eigenvalue weighted by Crippen LogP contribution is 2.41. The minimum absolute atomic E-state index is 0.0287. The van der Waals surface area contributed by atoms with E-state index in [2.05, 4.69) is 57.3 Å². The number of hydrogen-bond donors (Lipinski definition) is 1. The SMILES string of the molecule is CCCCCCNC(=O)C1(C)C(CCCC)C(c2ccc(C)cc2)=NN1c1ccccc1. The van der Waals surface area contributed by atoms with E-state index in [0.717, 1.165) is 55.6 Å². The highest BCUT2D eigenvalue weighted by molar-refractivity contribution is 6.10. The Morgan fingerprint density at radius 1 is 0.969 bits per heavy atom. The van der Waals surface area contributed by atoms with Gasteiger partial charge in [-0.05, 0) is 44.4 Å². The maximum Gasteiger partial charge on any atom is 0.248 e. The van der Waals surface area contributed by atoms with Crippen molar-refractivity contribution in [3.8, 4) is 0 Å². The zero-order valence-electron chi connectivity index (χ0n) is 20.2. The van der Waals surface area contributed by atoms with Gasteiger partial charge in [0, 0.05) is 12.5 Å². The van der Waals surface area contributed by atoms with Crippen molar-refractivity contribution in [1.82, 2.24) is 5.32 Å². The predicted octanol–water partition coefficient (Wildman–Crippen LogP) is 6.48. The van der Waals surface area contributed by atoms with Crippen LogP contribution < -0.4 is 10.3 Å². The number of carbonyl (C=O) groups is 1. The van der Waals surface area contributed by atoms with Crippen LogP contribution in [-0.2, 0) is 4.79 Å². The molecular formula is C28H39N3O. The van der Waals surface area contributed by atoms with Gasteiger partial charge in [-0.1, -0.05) is 94.0 Å². The Hall–Kier alpha value is -2.62.